The number of halogens is 1. The molecule has 2 N–H and O–H groups in total. The van der Waals surface area contributed by atoms with Crippen molar-refractivity contribution < 1.29 is 4.79 Å². The maximum atomic E-state index is 12.0. The molecule has 1 aliphatic heterocycles. The van der Waals surface area contributed by atoms with E-state index in [9.17, 15) is 4.79 Å². The molecule has 0 aromatic carbocycles. The number of thiophene rings is 1. The summed E-state index contributed by atoms with van der Waals surface area (Å²) >= 11 is 1.77. The fourth-order valence-electron chi connectivity index (χ4n) is 2.48. The van der Waals surface area contributed by atoms with Crippen LogP contribution in [-0.4, -0.2) is 42.9 Å². The minimum atomic E-state index is 0. The Morgan fingerprint density at radius 2 is 2.04 bits per heavy atom. The first-order chi connectivity index (χ1) is 10.7. The molecule has 23 heavy (non-hydrogen) atoms. The highest BCUT2D eigenvalue weighted by atomic mass is 127. The van der Waals surface area contributed by atoms with Gasteiger partial charge in [0.2, 0.25) is 5.91 Å². The van der Waals surface area contributed by atoms with Crippen molar-refractivity contribution in [3.8, 4) is 0 Å². The van der Waals surface area contributed by atoms with E-state index in [0.29, 0.717) is 19.5 Å². The minimum absolute atomic E-state index is 0. The van der Waals surface area contributed by atoms with Gasteiger partial charge in [0.15, 0.2) is 5.96 Å². The first-order valence-corrected chi connectivity index (χ1v) is 8.86. The van der Waals surface area contributed by atoms with Crippen LogP contribution in [0.2, 0.25) is 0 Å². The summed E-state index contributed by atoms with van der Waals surface area (Å²) in [5, 5.41) is 6.47. The van der Waals surface area contributed by atoms with E-state index in [1.54, 1.807) is 11.3 Å². The van der Waals surface area contributed by atoms with Crippen LogP contribution in [0.15, 0.2) is 17.1 Å². The summed E-state index contributed by atoms with van der Waals surface area (Å²) in [5.74, 6) is 1.03. The van der Waals surface area contributed by atoms with E-state index < -0.39 is 0 Å². The van der Waals surface area contributed by atoms with Gasteiger partial charge < -0.3 is 15.5 Å². The lowest BCUT2D eigenvalue weighted by Crippen LogP contribution is -2.39. The molecule has 0 unspecified atom stereocenters. The van der Waals surface area contributed by atoms with Gasteiger partial charge in [-0.1, -0.05) is 0 Å². The van der Waals surface area contributed by atoms with Crippen LogP contribution in [0.1, 0.15) is 35.9 Å². The second kappa shape index (κ2) is 10.9. The molecule has 0 radical (unpaired) electrons. The average molecular weight is 450 g/mol. The number of carbonyl (C=O) groups excluding carboxylic acids is 1. The van der Waals surface area contributed by atoms with Crippen molar-refractivity contribution in [2.24, 2.45) is 4.99 Å². The standard InChI is InChI=1S/C16H26N4OS.HI/c1-3-17-16(19-12-14-7-6-13(2)22-14)18-9-8-15(21)20-10-4-5-11-20;/h6-7H,3-5,8-12H2,1-2H3,(H2,17,18,19);1H. The Balaban J connectivity index is 0.00000264. The molecule has 0 saturated carbocycles. The molecular weight excluding hydrogens is 423 g/mol. The molecule has 2 rings (SSSR count). The van der Waals surface area contributed by atoms with Crippen molar-refractivity contribution in [2.75, 3.05) is 26.2 Å². The van der Waals surface area contributed by atoms with Crippen LogP contribution in [0, 0.1) is 6.92 Å². The maximum absolute atomic E-state index is 12.0. The molecule has 1 amide bonds. The van der Waals surface area contributed by atoms with E-state index in [4.69, 9.17) is 0 Å². The van der Waals surface area contributed by atoms with Crippen LogP contribution < -0.4 is 10.6 Å². The van der Waals surface area contributed by atoms with Crippen molar-refractivity contribution in [3.63, 3.8) is 0 Å². The van der Waals surface area contributed by atoms with Gasteiger partial charge in [-0.05, 0) is 38.8 Å². The highest BCUT2D eigenvalue weighted by Gasteiger charge is 2.17. The SMILES string of the molecule is CCNC(=NCc1ccc(C)s1)NCCC(=O)N1CCCC1.I. The molecule has 5 nitrogen and oxygen atoms in total. The summed E-state index contributed by atoms with van der Waals surface area (Å²) in [6.45, 7) is 8.11. The number of rotatable bonds is 6. The lowest BCUT2D eigenvalue weighted by Gasteiger charge is -2.16. The summed E-state index contributed by atoms with van der Waals surface area (Å²) in [6, 6.07) is 4.23. The third kappa shape index (κ3) is 7.07. The molecule has 1 fully saturated rings. The van der Waals surface area contributed by atoms with Gasteiger partial charge in [0.05, 0.1) is 6.54 Å². The summed E-state index contributed by atoms with van der Waals surface area (Å²) in [4.78, 5) is 21.1. The lowest BCUT2D eigenvalue weighted by molar-refractivity contribution is -0.129. The predicted octanol–water partition coefficient (Wildman–Crippen LogP) is 2.74. The Kier molecular flexibility index (Phi) is 9.54. The Bertz CT molecular complexity index is 512. The van der Waals surface area contributed by atoms with Crippen molar-refractivity contribution in [1.29, 1.82) is 0 Å². The topological polar surface area (TPSA) is 56.7 Å². The number of nitrogens with zero attached hydrogens (tertiary/aromatic N) is 2. The molecule has 0 aliphatic carbocycles. The Hall–Kier alpha value is -0.830. The van der Waals surface area contributed by atoms with Crippen LogP contribution in [0.5, 0.6) is 0 Å². The number of hydrogen-bond donors (Lipinski definition) is 2. The van der Waals surface area contributed by atoms with Crippen molar-refractivity contribution in [1.82, 2.24) is 15.5 Å². The zero-order valence-corrected chi connectivity index (χ0v) is 17.1. The van der Waals surface area contributed by atoms with Gasteiger partial charge in [0.1, 0.15) is 0 Å². The second-order valence-corrected chi connectivity index (χ2v) is 6.84. The average Bonchev–Trinajstić information content (AvgIpc) is 3.16. The zero-order chi connectivity index (χ0) is 15.8. The Morgan fingerprint density at radius 1 is 1.30 bits per heavy atom. The van der Waals surface area contributed by atoms with E-state index in [2.05, 4.69) is 34.7 Å². The molecule has 130 valence electrons. The first kappa shape index (κ1) is 20.2. The highest BCUT2D eigenvalue weighted by molar-refractivity contribution is 14.0. The normalized spacial score (nSPS) is 14.5. The first-order valence-electron chi connectivity index (χ1n) is 8.04. The van der Waals surface area contributed by atoms with E-state index >= 15 is 0 Å². The van der Waals surface area contributed by atoms with Gasteiger partial charge in [0, 0.05) is 42.4 Å². The molecule has 1 saturated heterocycles. The third-order valence-electron chi connectivity index (χ3n) is 3.62. The van der Waals surface area contributed by atoms with Gasteiger partial charge in [0.25, 0.3) is 0 Å². The smallest absolute Gasteiger partial charge is 0.224 e. The van der Waals surface area contributed by atoms with E-state index in [0.717, 1.165) is 38.4 Å². The summed E-state index contributed by atoms with van der Waals surface area (Å²) < 4.78 is 0. The number of likely N-dealkylation sites (tertiary alicyclic amines) is 1. The quantitative estimate of drug-likeness (QED) is 0.398. The van der Waals surface area contributed by atoms with Crippen LogP contribution in [-0.2, 0) is 11.3 Å². The number of amides is 1. The van der Waals surface area contributed by atoms with Crippen LogP contribution in [0.4, 0.5) is 0 Å². The molecule has 7 heteroatoms. The number of aryl methyl sites for hydroxylation is 1. The van der Waals surface area contributed by atoms with Gasteiger partial charge in [-0.2, -0.15) is 0 Å². The number of nitrogens with one attached hydrogen (secondary N) is 2. The summed E-state index contributed by atoms with van der Waals surface area (Å²) in [7, 11) is 0. The number of hydrogen-bond acceptors (Lipinski definition) is 3. The number of aliphatic imine (C=N–C) groups is 1. The summed E-state index contributed by atoms with van der Waals surface area (Å²) in [5.41, 5.74) is 0. The van der Waals surface area contributed by atoms with E-state index in [-0.39, 0.29) is 29.9 Å². The molecule has 1 aromatic heterocycles. The fraction of sp³-hybridized carbons (Fsp3) is 0.625. The molecule has 2 heterocycles. The molecule has 0 bridgehead atoms. The molecule has 1 aromatic rings. The third-order valence-corrected chi connectivity index (χ3v) is 4.61. The minimum Gasteiger partial charge on any atom is -0.357 e. The number of guanidine groups is 1. The van der Waals surface area contributed by atoms with Gasteiger partial charge in [-0.15, -0.1) is 35.3 Å². The van der Waals surface area contributed by atoms with E-state index in [1.807, 2.05) is 11.8 Å². The Morgan fingerprint density at radius 3 is 2.65 bits per heavy atom. The summed E-state index contributed by atoms with van der Waals surface area (Å²) in [6.07, 6.45) is 2.81. The lowest BCUT2D eigenvalue weighted by atomic mass is 10.3. The van der Waals surface area contributed by atoms with Crippen LogP contribution in [0.25, 0.3) is 0 Å². The Labute approximate surface area is 160 Å². The van der Waals surface area contributed by atoms with Crippen molar-refractivity contribution in [3.05, 3.63) is 21.9 Å². The monoisotopic (exact) mass is 450 g/mol. The van der Waals surface area contributed by atoms with Crippen LogP contribution in [0.3, 0.4) is 0 Å². The highest BCUT2D eigenvalue weighted by Crippen LogP contribution is 2.15. The zero-order valence-electron chi connectivity index (χ0n) is 13.9. The number of carbonyl (C=O) groups is 1. The second-order valence-electron chi connectivity index (χ2n) is 5.47. The predicted molar refractivity (Wildman–Crippen MR) is 108 cm³/mol. The fourth-order valence-corrected chi connectivity index (χ4v) is 3.30. The molecule has 0 atom stereocenters. The van der Waals surface area contributed by atoms with Crippen molar-refractivity contribution >= 4 is 47.2 Å². The molecule has 1 aliphatic rings. The van der Waals surface area contributed by atoms with E-state index in [1.165, 1.54) is 9.75 Å². The maximum Gasteiger partial charge on any atom is 0.224 e. The van der Waals surface area contributed by atoms with Gasteiger partial charge in [-0.3, -0.25) is 4.79 Å². The molecule has 0 spiro atoms. The molecular formula is C16H27IN4OS. The van der Waals surface area contributed by atoms with Crippen LogP contribution >= 0.6 is 35.3 Å². The largest absolute Gasteiger partial charge is 0.357 e. The van der Waals surface area contributed by atoms with Gasteiger partial charge >= 0.3 is 0 Å². The van der Waals surface area contributed by atoms with Crippen molar-refractivity contribution in [2.45, 2.75) is 39.7 Å². The van der Waals surface area contributed by atoms with Gasteiger partial charge in [-0.25, -0.2) is 4.99 Å².